The standard InChI is InChI=1S/C28H27NO3/c1-22(30)32-28-15-9-8-14-26(28)27(29-18-20-31-21-19-29)17-16-25(23-10-4-2-5-11-23)24-12-6-3-7-13-24/h2-17H,18-21H2,1H3/b27-17-. The van der Waals surface area contributed by atoms with E-state index in [0.29, 0.717) is 19.0 Å². The maximum atomic E-state index is 11.7. The lowest BCUT2D eigenvalue weighted by Crippen LogP contribution is -2.35. The summed E-state index contributed by atoms with van der Waals surface area (Å²) in [6.07, 6.45) is 4.28. The Morgan fingerprint density at radius 2 is 1.38 bits per heavy atom. The van der Waals surface area contributed by atoms with Crippen LogP contribution in [0.4, 0.5) is 0 Å². The molecule has 0 N–H and O–H groups in total. The van der Waals surface area contributed by atoms with Gasteiger partial charge in [0.2, 0.25) is 0 Å². The van der Waals surface area contributed by atoms with Gasteiger partial charge >= 0.3 is 5.97 Å². The Bertz CT molecular complexity index is 1060. The van der Waals surface area contributed by atoms with Gasteiger partial charge in [0.15, 0.2) is 0 Å². The first-order valence-electron chi connectivity index (χ1n) is 10.9. The summed E-state index contributed by atoms with van der Waals surface area (Å²) in [5.41, 5.74) is 5.31. The highest BCUT2D eigenvalue weighted by Crippen LogP contribution is 2.31. The largest absolute Gasteiger partial charge is 0.426 e. The molecule has 0 aromatic heterocycles. The minimum atomic E-state index is -0.330. The second-order valence-electron chi connectivity index (χ2n) is 7.55. The third kappa shape index (κ3) is 5.34. The fraction of sp³-hybridized carbons (Fsp3) is 0.179. The molecule has 0 bridgehead atoms. The second-order valence-corrected chi connectivity index (χ2v) is 7.55. The molecule has 0 radical (unpaired) electrons. The van der Waals surface area contributed by atoms with Crippen LogP contribution >= 0.6 is 0 Å². The van der Waals surface area contributed by atoms with Gasteiger partial charge in [-0.15, -0.1) is 0 Å². The number of nitrogens with zero attached hydrogens (tertiary/aromatic N) is 1. The van der Waals surface area contributed by atoms with Crippen molar-refractivity contribution < 1.29 is 14.3 Å². The van der Waals surface area contributed by atoms with Gasteiger partial charge in [-0.25, -0.2) is 0 Å². The predicted molar refractivity (Wildman–Crippen MR) is 128 cm³/mol. The SMILES string of the molecule is CC(=O)Oc1ccccc1/C(=C/C=C(c1ccccc1)c1ccccc1)N1CCOCC1. The van der Waals surface area contributed by atoms with E-state index < -0.39 is 0 Å². The molecule has 162 valence electrons. The summed E-state index contributed by atoms with van der Waals surface area (Å²) >= 11 is 0. The Kier molecular flexibility index (Phi) is 7.15. The third-order valence-corrected chi connectivity index (χ3v) is 5.35. The molecule has 4 heteroatoms. The summed E-state index contributed by atoms with van der Waals surface area (Å²) in [4.78, 5) is 14.0. The van der Waals surface area contributed by atoms with Crippen LogP contribution in [0.3, 0.4) is 0 Å². The number of carbonyl (C=O) groups excluding carboxylic acids is 1. The summed E-state index contributed by atoms with van der Waals surface area (Å²) in [5.74, 6) is 0.232. The van der Waals surface area contributed by atoms with E-state index in [9.17, 15) is 4.79 Å². The van der Waals surface area contributed by atoms with E-state index in [4.69, 9.17) is 9.47 Å². The van der Waals surface area contributed by atoms with E-state index in [-0.39, 0.29) is 5.97 Å². The first-order valence-corrected chi connectivity index (χ1v) is 10.9. The van der Waals surface area contributed by atoms with Crippen molar-refractivity contribution in [2.24, 2.45) is 0 Å². The van der Waals surface area contributed by atoms with E-state index in [2.05, 4.69) is 65.6 Å². The highest BCUT2D eigenvalue weighted by Gasteiger charge is 2.19. The topological polar surface area (TPSA) is 38.8 Å². The van der Waals surface area contributed by atoms with Gasteiger partial charge in [0, 0.05) is 31.3 Å². The van der Waals surface area contributed by atoms with Gasteiger partial charge in [0.05, 0.1) is 13.2 Å². The molecular weight excluding hydrogens is 398 g/mol. The Hall–Kier alpha value is -3.63. The molecule has 32 heavy (non-hydrogen) atoms. The summed E-state index contributed by atoms with van der Waals surface area (Å²) in [6, 6.07) is 28.4. The number of para-hydroxylation sites is 1. The van der Waals surface area contributed by atoms with Crippen molar-refractivity contribution >= 4 is 17.2 Å². The van der Waals surface area contributed by atoms with Gasteiger partial charge in [-0.1, -0.05) is 78.9 Å². The van der Waals surface area contributed by atoms with Crippen LogP contribution in [0.15, 0.2) is 97.1 Å². The quantitative estimate of drug-likeness (QED) is 0.300. The number of morpholine rings is 1. The minimum absolute atomic E-state index is 0.330. The Balaban J connectivity index is 1.84. The zero-order chi connectivity index (χ0) is 22.2. The van der Waals surface area contributed by atoms with E-state index in [1.807, 2.05) is 36.4 Å². The molecule has 0 aliphatic carbocycles. The molecule has 0 atom stereocenters. The normalized spacial score (nSPS) is 14.0. The van der Waals surface area contributed by atoms with E-state index in [0.717, 1.165) is 41.1 Å². The molecule has 1 aliphatic heterocycles. The average molecular weight is 426 g/mol. The summed E-state index contributed by atoms with van der Waals surface area (Å²) in [6.45, 7) is 4.32. The highest BCUT2D eigenvalue weighted by atomic mass is 16.5. The van der Waals surface area contributed by atoms with E-state index >= 15 is 0 Å². The van der Waals surface area contributed by atoms with Gasteiger partial charge in [-0.2, -0.15) is 0 Å². The average Bonchev–Trinajstić information content (AvgIpc) is 2.84. The first kappa shape index (κ1) is 21.6. The highest BCUT2D eigenvalue weighted by molar-refractivity contribution is 5.83. The lowest BCUT2D eigenvalue weighted by atomic mass is 9.97. The predicted octanol–water partition coefficient (Wildman–Crippen LogP) is 5.42. The molecule has 0 amide bonds. The fourth-order valence-corrected chi connectivity index (χ4v) is 3.85. The van der Waals surface area contributed by atoms with Crippen LogP contribution in [-0.4, -0.2) is 37.2 Å². The lowest BCUT2D eigenvalue weighted by molar-refractivity contribution is -0.131. The van der Waals surface area contributed by atoms with Crippen molar-refractivity contribution in [1.29, 1.82) is 0 Å². The van der Waals surface area contributed by atoms with Gasteiger partial charge in [0.1, 0.15) is 5.75 Å². The summed E-state index contributed by atoms with van der Waals surface area (Å²) < 4.78 is 11.1. The van der Waals surface area contributed by atoms with Crippen molar-refractivity contribution in [1.82, 2.24) is 4.90 Å². The molecule has 0 saturated carbocycles. The molecule has 3 aromatic rings. The van der Waals surface area contributed by atoms with Crippen molar-refractivity contribution in [3.05, 3.63) is 114 Å². The number of carbonyl (C=O) groups is 1. The Morgan fingerprint density at radius 1 is 0.812 bits per heavy atom. The molecule has 0 spiro atoms. The molecule has 1 aliphatic rings. The van der Waals surface area contributed by atoms with Crippen molar-refractivity contribution in [2.45, 2.75) is 6.92 Å². The molecular formula is C28H27NO3. The Labute approximate surface area is 189 Å². The summed E-state index contributed by atoms with van der Waals surface area (Å²) in [7, 11) is 0. The van der Waals surface area contributed by atoms with E-state index in [1.54, 1.807) is 0 Å². The van der Waals surface area contributed by atoms with Gasteiger partial charge in [-0.3, -0.25) is 4.79 Å². The van der Waals surface area contributed by atoms with Gasteiger partial charge in [-0.05, 0) is 34.9 Å². The number of benzene rings is 3. The second kappa shape index (κ2) is 10.6. The van der Waals surface area contributed by atoms with Crippen LogP contribution in [-0.2, 0) is 9.53 Å². The van der Waals surface area contributed by atoms with Crippen LogP contribution in [0.5, 0.6) is 5.75 Å². The van der Waals surface area contributed by atoms with Crippen LogP contribution in [0.1, 0.15) is 23.6 Å². The zero-order valence-corrected chi connectivity index (χ0v) is 18.2. The number of hydrogen-bond acceptors (Lipinski definition) is 4. The molecule has 4 rings (SSSR count). The Morgan fingerprint density at radius 3 is 1.97 bits per heavy atom. The van der Waals surface area contributed by atoms with Crippen LogP contribution < -0.4 is 4.74 Å². The van der Waals surface area contributed by atoms with Gasteiger partial charge in [0.25, 0.3) is 0 Å². The first-order chi connectivity index (χ1) is 15.7. The number of rotatable bonds is 6. The lowest BCUT2D eigenvalue weighted by Gasteiger charge is -2.31. The molecule has 4 nitrogen and oxygen atoms in total. The van der Waals surface area contributed by atoms with E-state index in [1.165, 1.54) is 6.92 Å². The smallest absolute Gasteiger partial charge is 0.308 e. The number of ether oxygens (including phenoxy) is 2. The van der Waals surface area contributed by atoms with Crippen molar-refractivity contribution in [2.75, 3.05) is 26.3 Å². The molecule has 1 saturated heterocycles. The van der Waals surface area contributed by atoms with Gasteiger partial charge < -0.3 is 14.4 Å². The zero-order valence-electron chi connectivity index (χ0n) is 18.2. The molecule has 0 unspecified atom stereocenters. The monoisotopic (exact) mass is 425 g/mol. The molecule has 1 fully saturated rings. The number of hydrogen-bond donors (Lipinski definition) is 0. The number of allylic oxidation sites excluding steroid dienone is 2. The molecule has 1 heterocycles. The molecule has 3 aromatic carbocycles. The van der Waals surface area contributed by atoms with Crippen LogP contribution in [0.25, 0.3) is 11.3 Å². The summed E-state index contributed by atoms with van der Waals surface area (Å²) in [5, 5.41) is 0. The fourth-order valence-electron chi connectivity index (χ4n) is 3.85. The third-order valence-electron chi connectivity index (χ3n) is 5.35. The number of esters is 1. The van der Waals surface area contributed by atoms with Crippen LogP contribution in [0, 0.1) is 0 Å². The minimum Gasteiger partial charge on any atom is -0.426 e. The van der Waals surface area contributed by atoms with Crippen LogP contribution in [0.2, 0.25) is 0 Å². The maximum Gasteiger partial charge on any atom is 0.308 e. The van der Waals surface area contributed by atoms with Crippen molar-refractivity contribution in [3.8, 4) is 5.75 Å². The maximum absolute atomic E-state index is 11.7. The van der Waals surface area contributed by atoms with Crippen molar-refractivity contribution in [3.63, 3.8) is 0 Å².